The molecule has 0 bridgehead atoms. The smallest absolute Gasteiger partial charge is 0.240 e. The minimum absolute atomic E-state index is 0.0167. The van der Waals surface area contributed by atoms with Crippen LogP contribution < -0.4 is 20.2 Å². The van der Waals surface area contributed by atoms with E-state index in [1.54, 1.807) is 38.5 Å². The Morgan fingerprint density at radius 2 is 1.81 bits per heavy atom. The van der Waals surface area contributed by atoms with E-state index in [0.29, 0.717) is 22.7 Å². The van der Waals surface area contributed by atoms with Gasteiger partial charge in [0.25, 0.3) is 0 Å². The van der Waals surface area contributed by atoms with Gasteiger partial charge in [-0.3, -0.25) is 9.59 Å². The van der Waals surface area contributed by atoms with Gasteiger partial charge in [-0.1, -0.05) is 12.1 Å². The number of carbonyl (C=O) groups is 2. The molecule has 8 heteroatoms. The molecule has 0 atom stereocenters. The Bertz CT molecular complexity index is 839. The van der Waals surface area contributed by atoms with Gasteiger partial charge >= 0.3 is 0 Å². The zero-order valence-electron chi connectivity index (χ0n) is 15.0. The summed E-state index contributed by atoms with van der Waals surface area (Å²) < 4.78 is 11.2. The molecular weight excluding hydrogens is 414 g/mol. The van der Waals surface area contributed by atoms with Crippen LogP contribution in [0.25, 0.3) is 0 Å². The summed E-state index contributed by atoms with van der Waals surface area (Å²) in [4.78, 5) is 23.8. The molecule has 142 valence electrons. The highest BCUT2D eigenvalue weighted by Crippen LogP contribution is 2.22. The number of hydrazone groups is 1. The lowest BCUT2D eigenvalue weighted by Crippen LogP contribution is -2.20. The number of anilines is 1. The second kappa shape index (κ2) is 10.3. The Hall–Kier alpha value is -2.87. The number of halogens is 1. The molecule has 0 radical (unpaired) electrons. The van der Waals surface area contributed by atoms with Crippen molar-refractivity contribution in [2.24, 2.45) is 5.10 Å². The summed E-state index contributed by atoms with van der Waals surface area (Å²) in [6, 6.07) is 12.5. The number of rotatable bonds is 8. The van der Waals surface area contributed by atoms with Crippen LogP contribution in [0.3, 0.4) is 0 Å². The van der Waals surface area contributed by atoms with E-state index in [-0.39, 0.29) is 24.7 Å². The number of hydrogen-bond acceptors (Lipinski definition) is 5. The van der Waals surface area contributed by atoms with Crippen molar-refractivity contribution in [3.63, 3.8) is 0 Å². The third kappa shape index (κ3) is 6.41. The van der Waals surface area contributed by atoms with Gasteiger partial charge in [-0.05, 0) is 46.3 Å². The number of methoxy groups -OCH3 is 2. The number of hydrogen-bond donors (Lipinski definition) is 2. The first kappa shape index (κ1) is 20.4. The maximum absolute atomic E-state index is 11.9. The highest BCUT2D eigenvalue weighted by atomic mass is 79.9. The van der Waals surface area contributed by atoms with Gasteiger partial charge in [0.1, 0.15) is 11.5 Å². The molecule has 7 nitrogen and oxygen atoms in total. The maximum atomic E-state index is 11.9. The van der Waals surface area contributed by atoms with Crippen LogP contribution in [0.15, 0.2) is 52.0 Å². The minimum atomic E-state index is -0.365. The SMILES string of the molecule is COc1ccc(OC)c(/C=N/NC(=O)CCC(=O)Nc2ccccc2Br)c1. The van der Waals surface area contributed by atoms with Crippen LogP contribution in [0.1, 0.15) is 18.4 Å². The summed E-state index contributed by atoms with van der Waals surface area (Å²) in [5, 5.41) is 6.64. The predicted octanol–water partition coefficient (Wildman–Crippen LogP) is 3.34. The lowest BCUT2D eigenvalue weighted by molar-refractivity contribution is -0.124. The van der Waals surface area contributed by atoms with E-state index >= 15 is 0 Å². The average Bonchev–Trinajstić information content (AvgIpc) is 2.68. The van der Waals surface area contributed by atoms with Crippen LogP contribution in [-0.2, 0) is 9.59 Å². The molecule has 0 aliphatic heterocycles. The number of carbonyl (C=O) groups excluding carboxylic acids is 2. The largest absolute Gasteiger partial charge is 0.497 e. The van der Waals surface area contributed by atoms with Crippen molar-refractivity contribution in [2.45, 2.75) is 12.8 Å². The van der Waals surface area contributed by atoms with E-state index in [4.69, 9.17) is 9.47 Å². The molecule has 0 spiro atoms. The fourth-order valence-electron chi connectivity index (χ4n) is 2.17. The number of para-hydroxylation sites is 1. The molecule has 2 amide bonds. The van der Waals surface area contributed by atoms with Gasteiger partial charge in [0.2, 0.25) is 11.8 Å². The van der Waals surface area contributed by atoms with Gasteiger partial charge in [0.05, 0.1) is 26.1 Å². The molecule has 0 heterocycles. The van der Waals surface area contributed by atoms with E-state index in [9.17, 15) is 9.59 Å². The van der Waals surface area contributed by atoms with Crippen LogP contribution >= 0.6 is 15.9 Å². The molecule has 0 aliphatic carbocycles. The first-order valence-electron chi connectivity index (χ1n) is 8.11. The number of benzene rings is 2. The Kier molecular flexibility index (Phi) is 7.81. The molecule has 0 fully saturated rings. The van der Waals surface area contributed by atoms with Crippen molar-refractivity contribution in [1.82, 2.24) is 5.43 Å². The Morgan fingerprint density at radius 3 is 2.52 bits per heavy atom. The van der Waals surface area contributed by atoms with Crippen molar-refractivity contribution in [3.05, 3.63) is 52.5 Å². The summed E-state index contributed by atoms with van der Waals surface area (Å²) in [5.74, 6) is 0.625. The van der Waals surface area contributed by atoms with E-state index in [1.165, 1.54) is 6.21 Å². The van der Waals surface area contributed by atoms with E-state index in [2.05, 4.69) is 31.8 Å². The third-order valence-corrected chi connectivity index (χ3v) is 4.25. The molecule has 27 heavy (non-hydrogen) atoms. The zero-order valence-corrected chi connectivity index (χ0v) is 16.6. The van der Waals surface area contributed by atoms with E-state index in [0.717, 1.165) is 4.47 Å². The average molecular weight is 434 g/mol. The van der Waals surface area contributed by atoms with Gasteiger partial charge in [0, 0.05) is 22.9 Å². The normalized spacial score (nSPS) is 10.5. The molecule has 0 aliphatic rings. The third-order valence-electron chi connectivity index (χ3n) is 3.56. The van der Waals surface area contributed by atoms with E-state index < -0.39 is 0 Å². The van der Waals surface area contributed by atoms with Crippen LogP contribution in [0.2, 0.25) is 0 Å². The Morgan fingerprint density at radius 1 is 1.07 bits per heavy atom. The number of nitrogens with one attached hydrogen (secondary N) is 2. The standard InChI is InChI=1S/C19H20BrN3O4/c1-26-14-7-8-17(27-2)13(11-14)12-21-23-19(25)10-9-18(24)22-16-6-4-3-5-15(16)20/h3-8,11-12H,9-10H2,1-2H3,(H,22,24)(H,23,25)/b21-12+. The molecule has 2 N–H and O–H groups in total. The quantitative estimate of drug-likeness (QED) is 0.493. The summed E-state index contributed by atoms with van der Waals surface area (Å²) in [7, 11) is 3.10. The molecule has 0 aromatic heterocycles. The lowest BCUT2D eigenvalue weighted by Gasteiger charge is -2.07. The fraction of sp³-hybridized carbons (Fsp3) is 0.211. The second-order valence-corrected chi connectivity index (χ2v) is 6.28. The Balaban J connectivity index is 1.83. The van der Waals surface area contributed by atoms with E-state index in [1.807, 2.05) is 18.2 Å². The molecule has 0 saturated carbocycles. The molecule has 0 unspecified atom stereocenters. The lowest BCUT2D eigenvalue weighted by atomic mass is 10.2. The Labute approximate surface area is 165 Å². The van der Waals surface area contributed by atoms with Gasteiger partial charge in [-0.25, -0.2) is 5.43 Å². The molecule has 2 aromatic rings. The molecule has 0 saturated heterocycles. The first-order chi connectivity index (χ1) is 13.0. The van der Waals surface area contributed by atoms with Crippen molar-refractivity contribution >= 4 is 39.6 Å². The van der Waals surface area contributed by atoms with Gasteiger partial charge < -0.3 is 14.8 Å². The maximum Gasteiger partial charge on any atom is 0.240 e. The van der Waals surface area contributed by atoms with Crippen LogP contribution in [0.5, 0.6) is 11.5 Å². The topological polar surface area (TPSA) is 89.0 Å². The monoisotopic (exact) mass is 433 g/mol. The molecule has 2 rings (SSSR count). The number of nitrogens with zero attached hydrogens (tertiary/aromatic N) is 1. The van der Waals surface area contributed by atoms with Crippen molar-refractivity contribution in [1.29, 1.82) is 0 Å². The van der Waals surface area contributed by atoms with Crippen molar-refractivity contribution in [3.8, 4) is 11.5 Å². The number of amides is 2. The summed E-state index contributed by atoms with van der Waals surface area (Å²) >= 11 is 3.35. The highest BCUT2D eigenvalue weighted by molar-refractivity contribution is 9.10. The van der Waals surface area contributed by atoms with Crippen molar-refractivity contribution < 1.29 is 19.1 Å². The molecular formula is C19H20BrN3O4. The summed E-state index contributed by atoms with van der Waals surface area (Å²) in [6.45, 7) is 0. The van der Waals surface area contributed by atoms with Gasteiger partial charge in [0.15, 0.2) is 0 Å². The summed E-state index contributed by atoms with van der Waals surface area (Å²) in [5.41, 5.74) is 3.71. The fourth-order valence-corrected chi connectivity index (χ4v) is 2.56. The first-order valence-corrected chi connectivity index (χ1v) is 8.91. The van der Waals surface area contributed by atoms with Crippen LogP contribution in [-0.4, -0.2) is 32.2 Å². The van der Waals surface area contributed by atoms with Crippen LogP contribution in [0, 0.1) is 0 Å². The highest BCUT2D eigenvalue weighted by Gasteiger charge is 2.08. The van der Waals surface area contributed by atoms with Gasteiger partial charge in [-0.2, -0.15) is 5.10 Å². The summed E-state index contributed by atoms with van der Waals surface area (Å²) in [6.07, 6.45) is 1.52. The molecule has 2 aromatic carbocycles. The zero-order chi connectivity index (χ0) is 19.6. The minimum Gasteiger partial charge on any atom is -0.497 e. The second-order valence-electron chi connectivity index (χ2n) is 5.43. The number of ether oxygens (including phenoxy) is 2. The predicted molar refractivity (Wildman–Crippen MR) is 107 cm³/mol. The van der Waals surface area contributed by atoms with Crippen molar-refractivity contribution in [2.75, 3.05) is 19.5 Å². The van der Waals surface area contributed by atoms with Crippen LogP contribution in [0.4, 0.5) is 5.69 Å². The van der Waals surface area contributed by atoms with Gasteiger partial charge in [-0.15, -0.1) is 0 Å².